The van der Waals surface area contributed by atoms with Crippen LogP contribution in [0.15, 0.2) is 0 Å². The fourth-order valence-electron chi connectivity index (χ4n) is 1.60. The standard InChI is InChI=1S/C10H4F6N4/c11-9(12,13)5-3(1-17)7(19)4(2-18)8(20)6(5)10(14,15)16/h19-20H2. The van der Waals surface area contributed by atoms with Crippen molar-refractivity contribution in [1.82, 2.24) is 0 Å². The van der Waals surface area contributed by atoms with Crippen LogP contribution in [0.2, 0.25) is 0 Å². The van der Waals surface area contributed by atoms with E-state index in [1.807, 2.05) is 0 Å². The van der Waals surface area contributed by atoms with Crippen LogP contribution in [0.4, 0.5) is 37.7 Å². The number of nitrogen functional groups attached to an aromatic ring is 2. The van der Waals surface area contributed by atoms with Gasteiger partial charge in [-0.1, -0.05) is 0 Å². The number of halogens is 6. The van der Waals surface area contributed by atoms with Gasteiger partial charge in [0, 0.05) is 0 Å². The monoisotopic (exact) mass is 294 g/mol. The first-order valence-corrected chi connectivity index (χ1v) is 4.66. The Kier molecular flexibility index (Phi) is 3.46. The van der Waals surface area contributed by atoms with Crippen LogP contribution in [0.25, 0.3) is 0 Å². The second-order valence-corrected chi connectivity index (χ2v) is 3.55. The van der Waals surface area contributed by atoms with Crippen molar-refractivity contribution in [2.75, 3.05) is 11.5 Å². The highest BCUT2D eigenvalue weighted by Crippen LogP contribution is 2.47. The Hall–Kier alpha value is -2.62. The molecule has 0 aromatic heterocycles. The van der Waals surface area contributed by atoms with Crippen molar-refractivity contribution in [3.8, 4) is 12.1 Å². The number of nitrogens with zero attached hydrogens (tertiary/aromatic N) is 2. The molecule has 10 heteroatoms. The number of nitrogens with two attached hydrogens (primary N) is 2. The van der Waals surface area contributed by atoms with E-state index in [1.165, 1.54) is 0 Å². The number of alkyl halides is 6. The zero-order valence-electron chi connectivity index (χ0n) is 9.32. The zero-order chi connectivity index (χ0) is 15.9. The average molecular weight is 294 g/mol. The Morgan fingerprint density at radius 3 is 1.40 bits per heavy atom. The molecule has 0 saturated heterocycles. The van der Waals surface area contributed by atoms with Crippen molar-refractivity contribution < 1.29 is 26.3 Å². The molecular weight excluding hydrogens is 290 g/mol. The second kappa shape index (κ2) is 4.49. The van der Waals surface area contributed by atoms with Gasteiger partial charge in [0.1, 0.15) is 12.1 Å². The van der Waals surface area contributed by atoms with Crippen LogP contribution in [-0.4, -0.2) is 0 Å². The molecule has 4 N–H and O–H groups in total. The van der Waals surface area contributed by atoms with Crippen molar-refractivity contribution >= 4 is 11.4 Å². The van der Waals surface area contributed by atoms with Gasteiger partial charge in [0.05, 0.1) is 33.6 Å². The molecule has 0 radical (unpaired) electrons. The summed E-state index contributed by atoms with van der Waals surface area (Å²) in [7, 11) is 0. The van der Waals surface area contributed by atoms with Gasteiger partial charge >= 0.3 is 12.4 Å². The van der Waals surface area contributed by atoms with Gasteiger partial charge in [-0.05, 0) is 0 Å². The van der Waals surface area contributed by atoms with E-state index in [0.717, 1.165) is 12.1 Å². The van der Waals surface area contributed by atoms with Crippen molar-refractivity contribution in [2.24, 2.45) is 0 Å². The summed E-state index contributed by atoms with van der Waals surface area (Å²) in [4.78, 5) is 0. The summed E-state index contributed by atoms with van der Waals surface area (Å²) in [6.45, 7) is 0. The first kappa shape index (κ1) is 15.4. The molecule has 4 nitrogen and oxygen atoms in total. The topological polar surface area (TPSA) is 99.6 Å². The van der Waals surface area contributed by atoms with Crippen LogP contribution in [0.5, 0.6) is 0 Å². The summed E-state index contributed by atoms with van der Waals surface area (Å²) in [5.74, 6) is 0. The maximum Gasteiger partial charge on any atom is 0.419 e. The third-order valence-corrected chi connectivity index (χ3v) is 2.37. The van der Waals surface area contributed by atoms with Gasteiger partial charge in [0.25, 0.3) is 0 Å². The minimum Gasteiger partial charge on any atom is -0.397 e. The molecule has 0 fully saturated rings. The minimum atomic E-state index is -5.51. The lowest BCUT2D eigenvalue weighted by Gasteiger charge is -2.21. The van der Waals surface area contributed by atoms with Crippen molar-refractivity contribution in [3.05, 3.63) is 22.3 Å². The zero-order valence-corrected chi connectivity index (χ0v) is 9.32. The fraction of sp³-hybridized carbons (Fsp3) is 0.200. The fourth-order valence-corrected chi connectivity index (χ4v) is 1.60. The number of rotatable bonds is 0. The van der Waals surface area contributed by atoms with Gasteiger partial charge in [-0.2, -0.15) is 36.9 Å². The predicted molar refractivity (Wildman–Crippen MR) is 54.7 cm³/mol. The molecule has 0 unspecified atom stereocenters. The van der Waals surface area contributed by atoms with Crippen LogP contribution < -0.4 is 11.5 Å². The molecule has 0 aliphatic rings. The summed E-state index contributed by atoms with van der Waals surface area (Å²) >= 11 is 0. The average Bonchev–Trinajstić information content (AvgIpc) is 2.25. The molecule has 0 spiro atoms. The van der Waals surface area contributed by atoms with Gasteiger partial charge in [-0.25, -0.2) is 0 Å². The molecule has 0 aliphatic heterocycles. The van der Waals surface area contributed by atoms with E-state index in [2.05, 4.69) is 0 Å². The summed E-state index contributed by atoms with van der Waals surface area (Å²) < 4.78 is 76.6. The molecule has 0 heterocycles. The highest BCUT2D eigenvalue weighted by Gasteiger charge is 2.48. The normalized spacial score (nSPS) is 11.8. The van der Waals surface area contributed by atoms with Crippen molar-refractivity contribution in [1.29, 1.82) is 10.5 Å². The number of benzene rings is 1. The lowest BCUT2D eigenvalue weighted by atomic mass is 9.93. The third-order valence-electron chi connectivity index (χ3n) is 2.37. The lowest BCUT2D eigenvalue weighted by molar-refractivity contribution is -0.161. The van der Waals surface area contributed by atoms with E-state index in [1.54, 1.807) is 0 Å². The number of anilines is 2. The van der Waals surface area contributed by atoms with Gasteiger partial charge in [0.15, 0.2) is 0 Å². The summed E-state index contributed by atoms with van der Waals surface area (Å²) in [6, 6.07) is 2.09. The first-order chi connectivity index (χ1) is 8.96. The van der Waals surface area contributed by atoms with Crippen molar-refractivity contribution in [3.63, 3.8) is 0 Å². The molecule has 106 valence electrons. The van der Waals surface area contributed by atoms with Gasteiger partial charge < -0.3 is 11.5 Å². The quantitative estimate of drug-likeness (QED) is 0.567. The molecule has 0 bridgehead atoms. The Balaban J connectivity index is 4.12. The van der Waals surface area contributed by atoms with Gasteiger partial charge in [0.2, 0.25) is 0 Å². The largest absolute Gasteiger partial charge is 0.419 e. The van der Waals surface area contributed by atoms with Crippen LogP contribution in [-0.2, 0) is 12.4 Å². The van der Waals surface area contributed by atoms with E-state index in [9.17, 15) is 26.3 Å². The van der Waals surface area contributed by atoms with E-state index < -0.39 is 46.0 Å². The van der Waals surface area contributed by atoms with E-state index in [4.69, 9.17) is 22.0 Å². The van der Waals surface area contributed by atoms with Crippen LogP contribution in [0.3, 0.4) is 0 Å². The Labute approximate surface area is 107 Å². The van der Waals surface area contributed by atoms with Crippen LogP contribution in [0, 0.1) is 22.7 Å². The molecule has 20 heavy (non-hydrogen) atoms. The molecule has 1 rings (SSSR count). The van der Waals surface area contributed by atoms with E-state index >= 15 is 0 Å². The van der Waals surface area contributed by atoms with Gasteiger partial charge in [-0.3, -0.25) is 0 Å². The second-order valence-electron chi connectivity index (χ2n) is 3.55. The maximum absolute atomic E-state index is 12.8. The lowest BCUT2D eigenvalue weighted by Crippen LogP contribution is -2.22. The van der Waals surface area contributed by atoms with E-state index in [0.29, 0.717) is 0 Å². The Morgan fingerprint density at radius 1 is 0.700 bits per heavy atom. The van der Waals surface area contributed by atoms with Crippen LogP contribution in [0.1, 0.15) is 22.3 Å². The number of hydrogen-bond acceptors (Lipinski definition) is 4. The number of nitriles is 2. The summed E-state index contributed by atoms with van der Waals surface area (Å²) in [5.41, 5.74) is 0.540. The molecule has 0 amide bonds. The van der Waals surface area contributed by atoms with E-state index in [-0.39, 0.29) is 0 Å². The Bertz CT molecular complexity index is 644. The highest BCUT2D eigenvalue weighted by atomic mass is 19.4. The smallest absolute Gasteiger partial charge is 0.397 e. The van der Waals surface area contributed by atoms with Gasteiger partial charge in [-0.15, -0.1) is 0 Å². The molecular formula is C10H4F6N4. The minimum absolute atomic E-state index is 0.933. The maximum atomic E-state index is 12.8. The molecule has 1 aromatic rings. The molecule has 1 aromatic carbocycles. The predicted octanol–water partition coefficient (Wildman–Crippen LogP) is 2.63. The highest BCUT2D eigenvalue weighted by molar-refractivity contribution is 5.79. The Morgan fingerprint density at radius 2 is 1.10 bits per heavy atom. The van der Waals surface area contributed by atoms with Crippen molar-refractivity contribution in [2.45, 2.75) is 12.4 Å². The third kappa shape index (κ3) is 2.28. The SMILES string of the molecule is N#Cc1c(N)c(C#N)c(C(F)(F)F)c(C(F)(F)F)c1N. The summed E-state index contributed by atoms with van der Waals surface area (Å²) in [6.07, 6.45) is -11.0. The summed E-state index contributed by atoms with van der Waals surface area (Å²) in [5, 5.41) is 17.3. The molecule has 0 saturated carbocycles. The number of hydrogen-bond donors (Lipinski definition) is 2. The van der Waals surface area contributed by atoms with Crippen LogP contribution >= 0.6 is 0 Å². The molecule has 0 aliphatic carbocycles. The molecule has 0 atom stereocenters. The first-order valence-electron chi connectivity index (χ1n) is 4.66.